The van der Waals surface area contributed by atoms with Crippen LogP contribution >= 0.6 is 0 Å². The van der Waals surface area contributed by atoms with Crippen LogP contribution in [0.1, 0.15) is 29.1 Å². The number of aryl methyl sites for hydroxylation is 1. The van der Waals surface area contributed by atoms with Gasteiger partial charge in [-0.05, 0) is 37.3 Å². The molecule has 4 aromatic rings. The highest BCUT2D eigenvalue weighted by molar-refractivity contribution is 5.96. The molecule has 1 unspecified atom stereocenters. The maximum absolute atomic E-state index is 11.4. The van der Waals surface area contributed by atoms with Gasteiger partial charge in [0.15, 0.2) is 5.82 Å². The molecule has 0 saturated heterocycles. The van der Waals surface area contributed by atoms with Crippen LogP contribution in [0.4, 0.5) is 0 Å². The second kappa shape index (κ2) is 6.10. The highest BCUT2D eigenvalue weighted by atomic mass is 16.5. The van der Waals surface area contributed by atoms with E-state index in [2.05, 4.69) is 15.0 Å². The number of pyridine rings is 1. The van der Waals surface area contributed by atoms with Crippen LogP contribution in [-0.2, 0) is 7.05 Å². The van der Waals surface area contributed by atoms with Crippen LogP contribution in [0.5, 0.6) is 5.75 Å². The van der Waals surface area contributed by atoms with E-state index in [9.17, 15) is 15.0 Å². The van der Waals surface area contributed by atoms with Gasteiger partial charge in [-0.3, -0.25) is 0 Å². The van der Waals surface area contributed by atoms with Crippen LogP contribution in [0.25, 0.3) is 33.6 Å². The minimum atomic E-state index is -1.04. The van der Waals surface area contributed by atoms with E-state index in [1.54, 1.807) is 13.0 Å². The number of rotatable bonds is 4. The lowest BCUT2D eigenvalue weighted by atomic mass is 10.2. The summed E-state index contributed by atoms with van der Waals surface area (Å²) in [5, 5.41) is 19.9. The number of methoxy groups -OCH3 is 1. The topological polar surface area (TPSA) is 113 Å². The number of hydrogen-bond acceptors (Lipinski definition) is 5. The first kappa shape index (κ1) is 17.0. The predicted molar refractivity (Wildman–Crippen MR) is 99.9 cm³/mol. The first-order valence-corrected chi connectivity index (χ1v) is 8.35. The number of H-pyrrole nitrogens is 1. The molecule has 0 aliphatic heterocycles. The highest BCUT2D eigenvalue weighted by Crippen LogP contribution is 2.32. The first-order chi connectivity index (χ1) is 12.9. The van der Waals surface area contributed by atoms with Crippen molar-refractivity contribution < 1.29 is 19.7 Å². The molecule has 1 atom stereocenters. The number of aliphatic hydroxyl groups excluding tert-OH is 1. The molecule has 1 aromatic carbocycles. The number of fused-ring (bicyclic) bond motifs is 2. The van der Waals surface area contributed by atoms with E-state index in [-0.39, 0.29) is 5.56 Å². The molecule has 0 radical (unpaired) electrons. The zero-order valence-electron chi connectivity index (χ0n) is 15.0. The largest absolute Gasteiger partial charge is 0.494 e. The average molecular weight is 366 g/mol. The standard InChI is InChI=1S/C19H18N4O4/c1-9(24)12-5-4-10-6-14(21-17(10)20-12)18-22-13-7-11(19(25)26)8-15(27-3)16(13)23(18)2/h4-9,24H,1-3H3,(H,20,21)(H,25,26). The van der Waals surface area contributed by atoms with Gasteiger partial charge in [-0.1, -0.05) is 0 Å². The van der Waals surface area contributed by atoms with Gasteiger partial charge < -0.3 is 24.5 Å². The second-order valence-corrected chi connectivity index (χ2v) is 6.38. The van der Waals surface area contributed by atoms with Crippen molar-refractivity contribution in [2.45, 2.75) is 13.0 Å². The number of aliphatic hydroxyl groups is 1. The minimum Gasteiger partial charge on any atom is -0.494 e. The fourth-order valence-electron chi connectivity index (χ4n) is 3.20. The van der Waals surface area contributed by atoms with E-state index in [4.69, 9.17) is 4.74 Å². The summed E-state index contributed by atoms with van der Waals surface area (Å²) in [4.78, 5) is 23.6. The van der Waals surface area contributed by atoms with Gasteiger partial charge in [0.2, 0.25) is 0 Å². The van der Waals surface area contributed by atoms with Gasteiger partial charge in [-0.25, -0.2) is 14.8 Å². The number of nitrogens with one attached hydrogen (secondary N) is 1. The van der Waals surface area contributed by atoms with Crippen LogP contribution in [0.2, 0.25) is 0 Å². The zero-order chi connectivity index (χ0) is 19.3. The molecule has 8 heteroatoms. The number of carboxylic acids is 1. The van der Waals surface area contributed by atoms with Crippen molar-refractivity contribution in [1.29, 1.82) is 0 Å². The van der Waals surface area contributed by atoms with Crippen LogP contribution in [-0.4, -0.2) is 42.8 Å². The normalized spacial score (nSPS) is 12.6. The Labute approximate surface area is 154 Å². The molecule has 3 heterocycles. The number of aromatic nitrogens is 4. The molecule has 0 bridgehead atoms. The van der Waals surface area contributed by atoms with Crippen molar-refractivity contribution in [3.05, 3.63) is 41.6 Å². The number of benzene rings is 1. The minimum absolute atomic E-state index is 0.115. The summed E-state index contributed by atoms with van der Waals surface area (Å²) in [7, 11) is 3.34. The van der Waals surface area contributed by atoms with Crippen molar-refractivity contribution in [1.82, 2.24) is 19.5 Å². The lowest BCUT2D eigenvalue weighted by Crippen LogP contribution is -1.99. The fourth-order valence-corrected chi connectivity index (χ4v) is 3.20. The monoisotopic (exact) mass is 366 g/mol. The number of ether oxygens (including phenoxy) is 1. The van der Waals surface area contributed by atoms with E-state index >= 15 is 0 Å². The van der Waals surface area contributed by atoms with Crippen LogP contribution < -0.4 is 4.74 Å². The van der Waals surface area contributed by atoms with Crippen molar-refractivity contribution in [3.8, 4) is 17.3 Å². The van der Waals surface area contributed by atoms with E-state index in [1.165, 1.54) is 19.2 Å². The Morgan fingerprint density at radius 3 is 2.70 bits per heavy atom. The molecule has 0 spiro atoms. The average Bonchev–Trinajstić information content (AvgIpc) is 3.21. The maximum Gasteiger partial charge on any atom is 0.335 e. The molecule has 0 amide bonds. The Hall–Kier alpha value is -3.39. The molecule has 0 saturated carbocycles. The van der Waals surface area contributed by atoms with Crippen LogP contribution in [0.15, 0.2) is 30.3 Å². The van der Waals surface area contributed by atoms with Gasteiger partial charge in [-0.15, -0.1) is 0 Å². The number of imidazole rings is 1. The summed E-state index contributed by atoms with van der Waals surface area (Å²) in [5.41, 5.74) is 3.30. The van der Waals surface area contributed by atoms with Gasteiger partial charge in [-0.2, -0.15) is 0 Å². The molecule has 3 aromatic heterocycles. The second-order valence-electron chi connectivity index (χ2n) is 6.38. The molecule has 0 aliphatic rings. The number of nitrogens with zero attached hydrogens (tertiary/aromatic N) is 3. The Kier molecular flexibility index (Phi) is 3.85. The Bertz CT molecular complexity index is 1190. The fraction of sp³-hybridized carbons (Fsp3) is 0.211. The van der Waals surface area contributed by atoms with Gasteiger partial charge in [0, 0.05) is 12.4 Å². The molecular weight excluding hydrogens is 348 g/mol. The third-order valence-corrected chi connectivity index (χ3v) is 4.57. The lowest BCUT2D eigenvalue weighted by molar-refractivity contribution is 0.0696. The van der Waals surface area contributed by atoms with Crippen LogP contribution in [0, 0.1) is 0 Å². The lowest BCUT2D eigenvalue weighted by Gasteiger charge is -2.06. The number of aromatic amines is 1. The van der Waals surface area contributed by atoms with Crippen LogP contribution in [0.3, 0.4) is 0 Å². The predicted octanol–water partition coefficient (Wildman–Crippen LogP) is 2.88. The number of carboxylic acid groups (broad SMARTS) is 1. The molecule has 27 heavy (non-hydrogen) atoms. The summed E-state index contributed by atoms with van der Waals surface area (Å²) in [6, 6.07) is 8.59. The summed E-state index contributed by atoms with van der Waals surface area (Å²) < 4.78 is 7.22. The quantitative estimate of drug-likeness (QED) is 0.512. The number of hydrogen-bond donors (Lipinski definition) is 3. The van der Waals surface area contributed by atoms with Crippen molar-refractivity contribution >= 4 is 28.0 Å². The smallest absolute Gasteiger partial charge is 0.335 e. The van der Waals surface area contributed by atoms with Crippen molar-refractivity contribution in [2.75, 3.05) is 7.11 Å². The van der Waals surface area contributed by atoms with E-state index < -0.39 is 12.1 Å². The molecule has 0 fully saturated rings. The zero-order valence-corrected chi connectivity index (χ0v) is 15.0. The van der Waals surface area contributed by atoms with Crippen molar-refractivity contribution in [3.63, 3.8) is 0 Å². The third-order valence-electron chi connectivity index (χ3n) is 4.57. The molecular formula is C19H18N4O4. The molecule has 0 aliphatic carbocycles. The van der Waals surface area contributed by atoms with E-state index in [0.29, 0.717) is 33.9 Å². The van der Waals surface area contributed by atoms with Crippen molar-refractivity contribution in [2.24, 2.45) is 7.05 Å². The summed E-state index contributed by atoms with van der Waals surface area (Å²) in [6.07, 6.45) is -0.657. The third kappa shape index (κ3) is 2.70. The van der Waals surface area contributed by atoms with Gasteiger partial charge >= 0.3 is 5.97 Å². The van der Waals surface area contributed by atoms with E-state index in [1.807, 2.05) is 23.7 Å². The maximum atomic E-state index is 11.4. The SMILES string of the molecule is COc1cc(C(=O)O)cc2nc(-c3cc4ccc(C(C)O)nc4[nH]3)n(C)c12. The first-order valence-electron chi connectivity index (χ1n) is 8.35. The number of aromatic carboxylic acids is 1. The molecule has 4 rings (SSSR count). The highest BCUT2D eigenvalue weighted by Gasteiger charge is 2.19. The molecule has 8 nitrogen and oxygen atoms in total. The molecule has 138 valence electrons. The van der Waals surface area contributed by atoms with Gasteiger partial charge in [0.05, 0.1) is 35.7 Å². The summed E-state index contributed by atoms with van der Waals surface area (Å²) in [5.74, 6) is 0.0297. The number of carbonyl (C=O) groups is 1. The Balaban J connectivity index is 1.92. The molecule has 3 N–H and O–H groups in total. The van der Waals surface area contributed by atoms with Gasteiger partial charge in [0.25, 0.3) is 0 Å². The Morgan fingerprint density at radius 2 is 2.04 bits per heavy atom. The Morgan fingerprint density at radius 1 is 1.26 bits per heavy atom. The van der Waals surface area contributed by atoms with Gasteiger partial charge in [0.1, 0.15) is 16.9 Å². The summed E-state index contributed by atoms with van der Waals surface area (Å²) in [6.45, 7) is 1.66. The summed E-state index contributed by atoms with van der Waals surface area (Å²) >= 11 is 0. The van der Waals surface area contributed by atoms with E-state index in [0.717, 1.165) is 11.1 Å².